The van der Waals surface area contributed by atoms with Gasteiger partial charge in [0.2, 0.25) is 0 Å². The molecule has 4 nitrogen and oxygen atoms in total. The van der Waals surface area contributed by atoms with Gasteiger partial charge in [-0.05, 0) is 65.6 Å². The molecule has 0 bridgehead atoms. The zero-order chi connectivity index (χ0) is 15.0. The van der Waals surface area contributed by atoms with Gasteiger partial charge in [0, 0.05) is 6.04 Å². The van der Waals surface area contributed by atoms with E-state index in [0.29, 0.717) is 6.42 Å². The molecule has 1 rings (SSSR count). The van der Waals surface area contributed by atoms with Crippen LogP contribution in [0, 0.1) is 0 Å². The molecule has 0 aromatic carbocycles. The number of hydrogen-bond acceptors (Lipinski definition) is 3. The highest BCUT2D eigenvalue weighted by Gasteiger charge is 2.31. The second kappa shape index (κ2) is 8.63. The van der Waals surface area contributed by atoms with Crippen LogP contribution in [0.4, 0.5) is 0 Å². The van der Waals surface area contributed by atoms with Crippen LogP contribution in [-0.4, -0.2) is 47.7 Å². The number of hydrogen-bond donors (Lipinski definition) is 2. The third-order valence-corrected chi connectivity index (χ3v) is 4.62. The first-order chi connectivity index (χ1) is 9.49. The van der Waals surface area contributed by atoms with Gasteiger partial charge in [0.05, 0.1) is 0 Å². The van der Waals surface area contributed by atoms with E-state index >= 15 is 0 Å². The van der Waals surface area contributed by atoms with Gasteiger partial charge in [0.15, 0.2) is 0 Å². The van der Waals surface area contributed by atoms with E-state index in [1.807, 2.05) is 6.92 Å². The first-order valence-corrected chi connectivity index (χ1v) is 8.18. The van der Waals surface area contributed by atoms with Crippen LogP contribution in [0.15, 0.2) is 0 Å². The fraction of sp³-hybridized carbons (Fsp3) is 0.938. The van der Waals surface area contributed by atoms with E-state index in [4.69, 9.17) is 0 Å². The van der Waals surface area contributed by atoms with Crippen LogP contribution in [0.2, 0.25) is 0 Å². The lowest BCUT2D eigenvalue weighted by Gasteiger charge is -2.27. The van der Waals surface area contributed by atoms with Gasteiger partial charge >= 0.3 is 5.97 Å². The number of aliphatic carboxylic acids is 1. The van der Waals surface area contributed by atoms with Crippen LogP contribution in [0.25, 0.3) is 0 Å². The smallest absolute Gasteiger partial charge is 0.323 e. The second-order valence-corrected chi connectivity index (χ2v) is 6.44. The van der Waals surface area contributed by atoms with Gasteiger partial charge in [-0.15, -0.1) is 0 Å². The maximum atomic E-state index is 11.4. The van der Waals surface area contributed by atoms with Gasteiger partial charge in [-0.2, -0.15) is 0 Å². The van der Waals surface area contributed by atoms with Crippen molar-refractivity contribution in [3.63, 3.8) is 0 Å². The average molecular weight is 284 g/mol. The maximum Gasteiger partial charge on any atom is 0.323 e. The van der Waals surface area contributed by atoms with Crippen LogP contribution in [-0.2, 0) is 4.79 Å². The predicted molar refractivity (Wildman–Crippen MR) is 83.1 cm³/mol. The van der Waals surface area contributed by atoms with Crippen LogP contribution in [0.5, 0.6) is 0 Å². The van der Waals surface area contributed by atoms with E-state index < -0.39 is 11.5 Å². The largest absolute Gasteiger partial charge is 0.480 e. The summed E-state index contributed by atoms with van der Waals surface area (Å²) in [4.78, 5) is 13.9. The Kier molecular flexibility index (Phi) is 7.52. The highest BCUT2D eigenvalue weighted by Crippen LogP contribution is 2.23. The molecule has 20 heavy (non-hydrogen) atoms. The molecule has 1 fully saturated rings. The van der Waals surface area contributed by atoms with Crippen molar-refractivity contribution >= 4 is 5.97 Å². The number of rotatable bonds is 10. The van der Waals surface area contributed by atoms with Crippen molar-refractivity contribution in [2.45, 2.75) is 76.8 Å². The van der Waals surface area contributed by atoms with Gasteiger partial charge in [0.1, 0.15) is 5.54 Å². The molecule has 0 aromatic rings. The summed E-state index contributed by atoms with van der Waals surface area (Å²) in [5.74, 6) is -0.727. The minimum Gasteiger partial charge on any atom is -0.480 e. The van der Waals surface area contributed by atoms with Crippen molar-refractivity contribution in [2.75, 3.05) is 20.1 Å². The summed E-state index contributed by atoms with van der Waals surface area (Å²) < 4.78 is 0. The highest BCUT2D eigenvalue weighted by molar-refractivity contribution is 5.78. The lowest BCUT2D eigenvalue weighted by molar-refractivity contribution is -0.144. The van der Waals surface area contributed by atoms with Crippen molar-refractivity contribution in [3.8, 4) is 0 Å². The molecule has 0 radical (unpaired) electrons. The van der Waals surface area contributed by atoms with Crippen LogP contribution >= 0.6 is 0 Å². The number of carboxylic acid groups (broad SMARTS) is 1. The normalized spacial score (nSPS) is 19.4. The Labute approximate surface area is 123 Å². The van der Waals surface area contributed by atoms with E-state index in [2.05, 4.69) is 24.2 Å². The zero-order valence-electron chi connectivity index (χ0n) is 13.5. The molecule has 1 unspecified atom stereocenters. The monoisotopic (exact) mass is 284 g/mol. The Morgan fingerprint density at radius 1 is 1.35 bits per heavy atom. The van der Waals surface area contributed by atoms with Gasteiger partial charge in [-0.1, -0.05) is 19.8 Å². The highest BCUT2D eigenvalue weighted by atomic mass is 16.4. The SMILES string of the molecule is CCCNC(C)(CCCCN(C)C1CCCC1)C(=O)O. The molecule has 1 aliphatic rings. The fourth-order valence-electron chi connectivity index (χ4n) is 3.04. The summed E-state index contributed by atoms with van der Waals surface area (Å²) in [6.07, 6.45) is 9.14. The predicted octanol–water partition coefficient (Wildman–Crippen LogP) is 2.87. The molecular formula is C16H32N2O2. The Bertz CT molecular complexity index is 290. The molecule has 2 N–H and O–H groups in total. The Morgan fingerprint density at radius 3 is 2.55 bits per heavy atom. The number of carboxylic acids is 1. The summed E-state index contributed by atoms with van der Waals surface area (Å²) in [5.41, 5.74) is -0.762. The molecule has 1 saturated carbocycles. The molecule has 0 saturated heterocycles. The van der Waals surface area contributed by atoms with Crippen molar-refractivity contribution < 1.29 is 9.90 Å². The molecular weight excluding hydrogens is 252 g/mol. The molecule has 4 heteroatoms. The van der Waals surface area contributed by atoms with E-state index in [-0.39, 0.29) is 0 Å². The summed E-state index contributed by atoms with van der Waals surface area (Å²) in [7, 11) is 2.21. The van der Waals surface area contributed by atoms with Gasteiger partial charge in [-0.3, -0.25) is 4.79 Å². The lowest BCUT2D eigenvalue weighted by Crippen LogP contribution is -2.49. The van der Waals surface area contributed by atoms with Crippen LogP contribution < -0.4 is 5.32 Å². The minimum atomic E-state index is -0.762. The molecule has 1 aliphatic carbocycles. The number of unbranched alkanes of at least 4 members (excludes halogenated alkanes) is 1. The number of carbonyl (C=O) groups is 1. The lowest BCUT2D eigenvalue weighted by atomic mass is 9.94. The van der Waals surface area contributed by atoms with Gasteiger partial charge in [-0.25, -0.2) is 0 Å². The summed E-state index contributed by atoms with van der Waals surface area (Å²) in [6.45, 7) is 5.73. The molecule has 0 heterocycles. The van der Waals surface area contributed by atoms with Crippen LogP contribution in [0.3, 0.4) is 0 Å². The van der Waals surface area contributed by atoms with E-state index in [1.54, 1.807) is 0 Å². The second-order valence-electron chi connectivity index (χ2n) is 6.44. The molecule has 0 aliphatic heterocycles. The quantitative estimate of drug-likeness (QED) is 0.606. The van der Waals surface area contributed by atoms with Crippen molar-refractivity contribution in [1.29, 1.82) is 0 Å². The number of nitrogens with zero attached hydrogens (tertiary/aromatic N) is 1. The van der Waals surface area contributed by atoms with Crippen molar-refractivity contribution in [3.05, 3.63) is 0 Å². The fourth-order valence-corrected chi connectivity index (χ4v) is 3.04. The maximum absolute atomic E-state index is 11.4. The summed E-state index contributed by atoms with van der Waals surface area (Å²) in [5, 5.41) is 12.5. The Balaban J connectivity index is 2.24. The van der Waals surface area contributed by atoms with Crippen molar-refractivity contribution in [2.24, 2.45) is 0 Å². The standard InChI is InChI=1S/C16H32N2O2/c1-4-12-17-16(2,15(19)20)11-7-8-13-18(3)14-9-5-6-10-14/h14,17H,4-13H2,1-3H3,(H,19,20). The minimum absolute atomic E-state index is 0.709. The Morgan fingerprint density at radius 2 is 2.00 bits per heavy atom. The van der Waals surface area contributed by atoms with E-state index in [0.717, 1.165) is 38.4 Å². The summed E-state index contributed by atoms with van der Waals surface area (Å²) in [6, 6.07) is 0.763. The first kappa shape index (κ1) is 17.4. The molecule has 118 valence electrons. The molecule has 1 atom stereocenters. The van der Waals surface area contributed by atoms with Gasteiger partial charge in [0.25, 0.3) is 0 Å². The zero-order valence-corrected chi connectivity index (χ0v) is 13.5. The topological polar surface area (TPSA) is 52.6 Å². The van der Waals surface area contributed by atoms with E-state index in [9.17, 15) is 9.90 Å². The summed E-state index contributed by atoms with van der Waals surface area (Å²) >= 11 is 0. The van der Waals surface area contributed by atoms with Gasteiger partial charge < -0.3 is 15.3 Å². The van der Waals surface area contributed by atoms with Crippen molar-refractivity contribution in [1.82, 2.24) is 10.2 Å². The molecule has 0 aromatic heterocycles. The third kappa shape index (κ3) is 5.41. The Hall–Kier alpha value is -0.610. The van der Waals surface area contributed by atoms with E-state index in [1.165, 1.54) is 25.7 Å². The van der Waals surface area contributed by atoms with Crippen LogP contribution in [0.1, 0.15) is 65.2 Å². The average Bonchev–Trinajstić information content (AvgIpc) is 2.95. The third-order valence-electron chi connectivity index (χ3n) is 4.62. The first-order valence-electron chi connectivity index (χ1n) is 8.18. The molecule has 0 spiro atoms. The number of nitrogens with one attached hydrogen (secondary N) is 1. The molecule has 0 amide bonds.